The Morgan fingerprint density at radius 2 is 0.896 bits per heavy atom. The lowest BCUT2D eigenvalue weighted by atomic mass is 9.99. The highest BCUT2D eigenvalue weighted by molar-refractivity contribution is 4.81. The van der Waals surface area contributed by atoms with Gasteiger partial charge in [-0.3, -0.25) is 0 Å². The Balaban J connectivity index is 1.20. The topological polar surface area (TPSA) is 140 Å². The molecule has 6 unspecified atom stereocenters. The van der Waals surface area contributed by atoms with Crippen molar-refractivity contribution in [2.75, 3.05) is 92.5 Å². The zero-order valence-electron chi connectivity index (χ0n) is 30.4. The molecule has 14 heteroatoms. The highest BCUT2D eigenvalue weighted by atomic mass is 16.8. The summed E-state index contributed by atoms with van der Waals surface area (Å²) in [4.78, 5) is 0. The number of aliphatic hydroxyl groups excluding tert-OH is 1. The van der Waals surface area contributed by atoms with Crippen LogP contribution >= 0.6 is 0 Å². The minimum atomic E-state index is -0.897. The van der Waals surface area contributed by atoms with Crippen molar-refractivity contribution >= 4 is 0 Å². The highest BCUT2D eigenvalue weighted by Crippen LogP contribution is 2.29. The van der Waals surface area contributed by atoms with E-state index in [1.54, 1.807) is 0 Å². The van der Waals surface area contributed by atoms with E-state index < -0.39 is 35.7 Å². The summed E-state index contributed by atoms with van der Waals surface area (Å²) >= 11 is 0. The van der Waals surface area contributed by atoms with Crippen LogP contribution in [0.1, 0.15) is 61.8 Å². The van der Waals surface area contributed by atoms with Gasteiger partial charge in [-0.1, -0.05) is 0 Å². The average molecular weight is 695 g/mol. The minimum Gasteiger partial charge on any atom is -0.388 e. The van der Waals surface area contributed by atoms with Crippen molar-refractivity contribution in [3.05, 3.63) is 0 Å². The number of aliphatic hydroxyl groups is 1. The summed E-state index contributed by atoms with van der Waals surface area (Å²) in [5.74, 6) is -1.54. The maximum Gasteiger partial charge on any atom is 0.163 e. The maximum absolute atomic E-state index is 10.8. The molecule has 0 saturated carbocycles. The van der Waals surface area contributed by atoms with Crippen LogP contribution in [-0.2, 0) is 61.6 Å². The predicted molar refractivity (Wildman–Crippen MR) is 172 cm³/mol. The van der Waals surface area contributed by atoms with Gasteiger partial charge >= 0.3 is 0 Å². The summed E-state index contributed by atoms with van der Waals surface area (Å²) < 4.78 is 76.2. The summed E-state index contributed by atoms with van der Waals surface area (Å²) in [5, 5.41) is 10.8. The third-order valence-electron chi connectivity index (χ3n) is 8.22. The molecule has 0 aromatic heterocycles. The SMILES string of the molecule is CC1(C)CC(COCC(COCC2COC(C)(C)O2)OCC(O)COC(COCC2COC(C)(C)O2)COCC2COC(C)(C)O2)CO1. The van der Waals surface area contributed by atoms with Crippen LogP contribution in [0.15, 0.2) is 0 Å². The molecule has 0 aromatic carbocycles. The van der Waals surface area contributed by atoms with Crippen LogP contribution in [0.3, 0.4) is 0 Å². The summed E-state index contributed by atoms with van der Waals surface area (Å²) in [6, 6.07) is 0. The largest absolute Gasteiger partial charge is 0.388 e. The van der Waals surface area contributed by atoms with Gasteiger partial charge in [-0.25, -0.2) is 0 Å². The van der Waals surface area contributed by atoms with Crippen molar-refractivity contribution in [3.8, 4) is 0 Å². The lowest BCUT2D eigenvalue weighted by Crippen LogP contribution is -2.36. The van der Waals surface area contributed by atoms with Crippen molar-refractivity contribution < 1.29 is 66.7 Å². The Kier molecular flexibility index (Phi) is 15.3. The Morgan fingerprint density at radius 1 is 0.521 bits per heavy atom. The first kappa shape index (κ1) is 40.2. The number of hydrogen-bond acceptors (Lipinski definition) is 14. The summed E-state index contributed by atoms with van der Waals surface area (Å²) in [7, 11) is 0. The van der Waals surface area contributed by atoms with Crippen LogP contribution in [0.25, 0.3) is 0 Å². The van der Waals surface area contributed by atoms with E-state index in [1.165, 1.54) is 0 Å². The quantitative estimate of drug-likeness (QED) is 0.177. The first-order valence-corrected chi connectivity index (χ1v) is 17.4. The third-order valence-corrected chi connectivity index (χ3v) is 8.22. The second-order valence-corrected chi connectivity index (χ2v) is 15.2. The lowest BCUT2D eigenvalue weighted by Gasteiger charge is -2.24. The molecule has 6 atom stereocenters. The summed E-state index contributed by atoms with van der Waals surface area (Å²) in [6.45, 7) is 20.3. The molecule has 48 heavy (non-hydrogen) atoms. The van der Waals surface area contributed by atoms with Crippen LogP contribution in [-0.4, -0.2) is 157 Å². The second kappa shape index (κ2) is 18.3. The normalized spacial score (nSPS) is 30.9. The zero-order valence-corrected chi connectivity index (χ0v) is 30.4. The predicted octanol–water partition coefficient (Wildman–Crippen LogP) is 2.45. The van der Waals surface area contributed by atoms with Crippen molar-refractivity contribution in [3.63, 3.8) is 0 Å². The first-order valence-electron chi connectivity index (χ1n) is 17.4. The summed E-state index contributed by atoms with van der Waals surface area (Å²) in [6.07, 6.45) is -1.29. The van der Waals surface area contributed by atoms with E-state index in [0.717, 1.165) is 6.42 Å². The van der Waals surface area contributed by atoms with Crippen molar-refractivity contribution in [1.29, 1.82) is 0 Å². The Morgan fingerprint density at radius 3 is 1.21 bits per heavy atom. The van der Waals surface area contributed by atoms with Gasteiger partial charge in [0.25, 0.3) is 0 Å². The van der Waals surface area contributed by atoms with Gasteiger partial charge < -0.3 is 66.7 Å². The van der Waals surface area contributed by atoms with Gasteiger partial charge in [0, 0.05) is 5.92 Å². The van der Waals surface area contributed by atoms with E-state index in [0.29, 0.717) is 65.4 Å². The fourth-order valence-corrected chi connectivity index (χ4v) is 5.99. The average Bonchev–Trinajstić information content (AvgIpc) is 3.74. The smallest absolute Gasteiger partial charge is 0.163 e. The molecular formula is C34H62O14. The molecule has 4 saturated heterocycles. The summed E-state index contributed by atoms with van der Waals surface area (Å²) in [5.41, 5.74) is -0.132. The monoisotopic (exact) mass is 694 g/mol. The van der Waals surface area contributed by atoms with E-state index in [2.05, 4.69) is 13.8 Å². The van der Waals surface area contributed by atoms with Crippen molar-refractivity contribution in [2.45, 2.75) is 121 Å². The second-order valence-electron chi connectivity index (χ2n) is 15.2. The van der Waals surface area contributed by atoms with E-state index in [1.807, 2.05) is 41.5 Å². The van der Waals surface area contributed by atoms with E-state index >= 15 is 0 Å². The molecule has 1 N–H and O–H groups in total. The Hall–Kier alpha value is -0.560. The van der Waals surface area contributed by atoms with Crippen molar-refractivity contribution in [1.82, 2.24) is 0 Å². The van der Waals surface area contributed by atoms with E-state index in [9.17, 15) is 5.11 Å². The Bertz CT molecular complexity index is 794. The fraction of sp³-hybridized carbons (Fsp3) is 1.00. The van der Waals surface area contributed by atoms with E-state index in [-0.39, 0.29) is 56.9 Å². The van der Waals surface area contributed by atoms with Gasteiger partial charge in [0.2, 0.25) is 0 Å². The van der Waals surface area contributed by atoms with E-state index in [4.69, 9.17) is 61.6 Å². The number of ether oxygens (including phenoxy) is 13. The molecule has 0 spiro atoms. The minimum absolute atomic E-state index is 0.0226. The third kappa shape index (κ3) is 15.0. The molecule has 4 heterocycles. The number of rotatable bonds is 22. The van der Waals surface area contributed by atoms with Crippen LogP contribution in [0.5, 0.6) is 0 Å². The molecule has 0 aliphatic carbocycles. The first-order chi connectivity index (χ1) is 22.6. The molecule has 4 aliphatic heterocycles. The van der Waals surface area contributed by atoms with Crippen LogP contribution < -0.4 is 0 Å². The zero-order chi connectivity index (χ0) is 34.8. The molecule has 4 rings (SSSR count). The van der Waals surface area contributed by atoms with Gasteiger partial charge in [-0.15, -0.1) is 0 Å². The molecule has 4 aliphatic rings. The highest BCUT2D eigenvalue weighted by Gasteiger charge is 2.35. The van der Waals surface area contributed by atoms with Crippen LogP contribution in [0, 0.1) is 5.92 Å². The molecule has 282 valence electrons. The van der Waals surface area contributed by atoms with Gasteiger partial charge in [0.1, 0.15) is 36.6 Å². The number of hydrogen-bond donors (Lipinski definition) is 1. The standard InChI is InChI=1S/C34H62O14/c1-31(2)9-24(11-42-31)10-36-14-26(15-37-18-28-21-43-32(3,4)46-28)40-12-25(35)13-41-27(16-38-19-29-22-44-33(5,6)47-29)17-39-20-30-23-45-34(7,8)48-30/h24-30,35H,9-23H2,1-8H3. The van der Waals surface area contributed by atoms with Crippen LogP contribution in [0.2, 0.25) is 0 Å². The maximum atomic E-state index is 10.8. The van der Waals surface area contributed by atoms with Gasteiger partial charge in [0.05, 0.1) is 98.1 Å². The lowest BCUT2D eigenvalue weighted by molar-refractivity contribution is -0.155. The van der Waals surface area contributed by atoms with Crippen molar-refractivity contribution in [2.24, 2.45) is 5.92 Å². The molecule has 14 nitrogen and oxygen atoms in total. The van der Waals surface area contributed by atoms with Gasteiger partial charge in [0.15, 0.2) is 17.4 Å². The molecule has 4 fully saturated rings. The molecule has 0 amide bonds. The Labute approximate surface area is 286 Å². The van der Waals surface area contributed by atoms with Gasteiger partial charge in [-0.05, 0) is 61.8 Å². The molecule has 0 radical (unpaired) electrons. The fourth-order valence-electron chi connectivity index (χ4n) is 5.99. The molecular weight excluding hydrogens is 632 g/mol. The molecule has 0 aromatic rings. The molecule has 0 bridgehead atoms. The van der Waals surface area contributed by atoms with Crippen LogP contribution in [0.4, 0.5) is 0 Å². The van der Waals surface area contributed by atoms with Gasteiger partial charge in [-0.2, -0.15) is 0 Å².